The molecular formula is C25H29NO6. The summed E-state index contributed by atoms with van der Waals surface area (Å²) in [7, 11) is 0. The van der Waals surface area contributed by atoms with Gasteiger partial charge in [0.15, 0.2) is 12.6 Å². The first-order valence-corrected chi connectivity index (χ1v) is 10.8. The molecule has 1 amide bonds. The number of ether oxygens (including phenoxy) is 5. The van der Waals surface area contributed by atoms with Gasteiger partial charge in [0, 0.05) is 12.5 Å². The SMILES string of the molecule is C=CCO[C@@H]1O[C@@H]2COC(c3ccccc3)O[C@H]2[C@@H](OCc2ccccc2)[C@H]1NC(C)=O. The molecule has 0 saturated carbocycles. The molecular weight excluding hydrogens is 410 g/mol. The Hall–Kier alpha value is -2.55. The van der Waals surface area contributed by atoms with Crippen molar-refractivity contribution >= 4 is 5.91 Å². The van der Waals surface area contributed by atoms with E-state index in [2.05, 4.69) is 11.9 Å². The Labute approximate surface area is 188 Å². The lowest BCUT2D eigenvalue weighted by molar-refractivity contribution is -0.348. The molecule has 0 radical (unpaired) electrons. The highest BCUT2D eigenvalue weighted by molar-refractivity contribution is 5.73. The summed E-state index contributed by atoms with van der Waals surface area (Å²) in [6.45, 7) is 6.12. The molecule has 0 aliphatic carbocycles. The quantitative estimate of drug-likeness (QED) is 0.637. The van der Waals surface area contributed by atoms with Crippen molar-refractivity contribution in [1.29, 1.82) is 0 Å². The molecule has 7 heteroatoms. The molecule has 2 aliphatic heterocycles. The molecule has 0 aromatic heterocycles. The van der Waals surface area contributed by atoms with Crippen molar-refractivity contribution in [1.82, 2.24) is 5.32 Å². The molecule has 1 unspecified atom stereocenters. The number of hydrogen-bond acceptors (Lipinski definition) is 6. The highest BCUT2D eigenvalue weighted by Gasteiger charge is 2.51. The maximum atomic E-state index is 12.0. The first-order valence-electron chi connectivity index (χ1n) is 10.8. The van der Waals surface area contributed by atoms with Crippen LogP contribution < -0.4 is 5.32 Å². The summed E-state index contributed by atoms with van der Waals surface area (Å²) in [5.74, 6) is -0.204. The van der Waals surface area contributed by atoms with Crippen LogP contribution in [0.25, 0.3) is 0 Å². The minimum Gasteiger partial charge on any atom is -0.368 e. The molecule has 170 valence electrons. The second kappa shape index (κ2) is 10.8. The lowest BCUT2D eigenvalue weighted by Crippen LogP contribution is -2.67. The summed E-state index contributed by atoms with van der Waals surface area (Å²) in [5.41, 5.74) is 1.93. The van der Waals surface area contributed by atoms with Gasteiger partial charge in [-0.05, 0) is 5.56 Å². The Morgan fingerprint density at radius 2 is 1.81 bits per heavy atom. The van der Waals surface area contributed by atoms with Crippen LogP contribution >= 0.6 is 0 Å². The Morgan fingerprint density at radius 3 is 2.50 bits per heavy atom. The first kappa shape index (κ1) is 22.6. The second-order valence-corrected chi connectivity index (χ2v) is 7.83. The van der Waals surface area contributed by atoms with Crippen molar-refractivity contribution in [2.75, 3.05) is 13.2 Å². The summed E-state index contributed by atoms with van der Waals surface area (Å²) < 4.78 is 30.7. The molecule has 0 spiro atoms. The van der Waals surface area contributed by atoms with Crippen LogP contribution in [0.15, 0.2) is 73.3 Å². The number of fused-ring (bicyclic) bond motifs is 1. The fourth-order valence-electron chi connectivity index (χ4n) is 4.01. The van der Waals surface area contributed by atoms with Gasteiger partial charge in [-0.2, -0.15) is 0 Å². The average Bonchev–Trinajstić information content (AvgIpc) is 2.82. The molecule has 6 atom stereocenters. The van der Waals surface area contributed by atoms with Gasteiger partial charge in [0.05, 0.1) is 19.8 Å². The Morgan fingerprint density at radius 1 is 1.09 bits per heavy atom. The van der Waals surface area contributed by atoms with Crippen LogP contribution in [-0.4, -0.2) is 49.8 Å². The van der Waals surface area contributed by atoms with E-state index >= 15 is 0 Å². The van der Waals surface area contributed by atoms with E-state index in [-0.39, 0.29) is 12.5 Å². The highest BCUT2D eigenvalue weighted by atomic mass is 16.7. The van der Waals surface area contributed by atoms with Crippen molar-refractivity contribution in [3.05, 3.63) is 84.4 Å². The minimum atomic E-state index is -0.723. The van der Waals surface area contributed by atoms with Crippen LogP contribution in [0.2, 0.25) is 0 Å². The van der Waals surface area contributed by atoms with E-state index in [4.69, 9.17) is 23.7 Å². The van der Waals surface area contributed by atoms with Gasteiger partial charge in [-0.1, -0.05) is 66.7 Å². The van der Waals surface area contributed by atoms with Gasteiger partial charge < -0.3 is 29.0 Å². The fourth-order valence-corrected chi connectivity index (χ4v) is 4.01. The standard InChI is InChI=1S/C25H29NO6/c1-3-14-28-25-21(26-17(2)27)23(29-15-18-10-6-4-7-11-18)22-20(31-25)16-30-24(32-22)19-12-8-5-9-13-19/h3-13,20-25H,1,14-16H2,2H3,(H,26,27)/t20-,21-,22-,23+,24?,25-/m1/s1. The Bertz CT molecular complexity index is 877. The molecule has 32 heavy (non-hydrogen) atoms. The maximum Gasteiger partial charge on any atom is 0.217 e. The summed E-state index contributed by atoms with van der Waals surface area (Å²) >= 11 is 0. The third-order valence-electron chi connectivity index (χ3n) is 5.44. The summed E-state index contributed by atoms with van der Waals surface area (Å²) in [5, 5.41) is 2.95. The van der Waals surface area contributed by atoms with Crippen LogP contribution in [0.3, 0.4) is 0 Å². The first-order chi connectivity index (χ1) is 15.7. The minimum absolute atomic E-state index is 0.204. The fraction of sp³-hybridized carbons (Fsp3) is 0.400. The van der Waals surface area contributed by atoms with E-state index in [1.165, 1.54) is 6.92 Å². The summed E-state index contributed by atoms with van der Waals surface area (Å²) in [6, 6.07) is 19.0. The maximum absolute atomic E-state index is 12.0. The summed E-state index contributed by atoms with van der Waals surface area (Å²) in [4.78, 5) is 12.0. The number of carbonyl (C=O) groups excluding carboxylic acids is 1. The number of carbonyl (C=O) groups is 1. The van der Waals surface area contributed by atoms with Gasteiger partial charge in [0.1, 0.15) is 24.4 Å². The van der Waals surface area contributed by atoms with Crippen LogP contribution in [-0.2, 0) is 35.1 Å². The van der Waals surface area contributed by atoms with Crippen LogP contribution in [0.1, 0.15) is 24.3 Å². The molecule has 2 saturated heterocycles. The normalized spacial score (nSPS) is 29.7. The second-order valence-electron chi connectivity index (χ2n) is 7.83. The van der Waals surface area contributed by atoms with E-state index < -0.39 is 36.9 Å². The van der Waals surface area contributed by atoms with Gasteiger partial charge >= 0.3 is 0 Å². The molecule has 2 fully saturated rings. The number of amides is 1. The van der Waals surface area contributed by atoms with Gasteiger partial charge in [0.2, 0.25) is 5.91 Å². The predicted molar refractivity (Wildman–Crippen MR) is 117 cm³/mol. The zero-order valence-corrected chi connectivity index (χ0v) is 18.1. The smallest absolute Gasteiger partial charge is 0.217 e. The average molecular weight is 440 g/mol. The van der Waals surface area contributed by atoms with Crippen molar-refractivity contribution in [3.8, 4) is 0 Å². The number of benzene rings is 2. The van der Waals surface area contributed by atoms with Crippen LogP contribution in [0.4, 0.5) is 0 Å². The molecule has 2 aromatic rings. The van der Waals surface area contributed by atoms with Crippen molar-refractivity contribution < 1.29 is 28.5 Å². The molecule has 7 nitrogen and oxygen atoms in total. The van der Waals surface area contributed by atoms with Gasteiger partial charge in [-0.3, -0.25) is 4.79 Å². The van der Waals surface area contributed by atoms with E-state index in [1.54, 1.807) is 6.08 Å². The van der Waals surface area contributed by atoms with E-state index in [9.17, 15) is 4.79 Å². The Balaban J connectivity index is 1.59. The van der Waals surface area contributed by atoms with Gasteiger partial charge in [-0.25, -0.2) is 0 Å². The lowest BCUT2D eigenvalue weighted by Gasteiger charge is -2.49. The lowest BCUT2D eigenvalue weighted by atomic mass is 9.95. The molecule has 2 aliphatic rings. The Kier molecular flexibility index (Phi) is 7.68. The number of hydrogen-bond donors (Lipinski definition) is 1. The highest BCUT2D eigenvalue weighted by Crippen LogP contribution is 2.36. The van der Waals surface area contributed by atoms with Gasteiger partial charge in [-0.15, -0.1) is 6.58 Å². The van der Waals surface area contributed by atoms with Crippen molar-refractivity contribution in [2.24, 2.45) is 0 Å². The predicted octanol–water partition coefficient (Wildman–Crippen LogP) is 3.12. The molecule has 0 bridgehead atoms. The third kappa shape index (κ3) is 5.43. The van der Waals surface area contributed by atoms with E-state index in [1.807, 2.05) is 60.7 Å². The van der Waals surface area contributed by atoms with E-state index in [0.717, 1.165) is 11.1 Å². The van der Waals surface area contributed by atoms with Crippen LogP contribution in [0.5, 0.6) is 0 Å². The number of rotatable bonds is 8. The number of nitrogens with one attached hydrogen (secondary N) is 1. The molecule has 2 aromatic carbocycles. The molecule has 1 N–H and O–H groups in total. The zero-order chi connectivity index (χ0) is 22.3. The van der Waals surface area contributed by atoms with Crippen molar-refractivity contribution in [2.45, 2.75) is 50.5 Å². The van der Waals surface area contributed by atoms with E-state index in [0.29, 0.717) is 13.2 Å². The third-order valence-corrected chi connectivity index (χ3v) is 5.44. The molecule has 2 heterocycles. The van der Waals surface area contributed by atoms with Gasteiger partial charge in [0.25, 0.3) is 0 Å². The monoisotopic (exact) mass is 439 g/mol. The van der Waals surface area contributed by atoms with Crippen LogP contribution in [0, 0.1) is 0 Å². The zero-order valence-electron chi connectivity index (χ0n) is 18.1. The summed E-state index contributed by atoms with van der Waals surface area (Å²) in [6.07, 6.45) is -1.01. The van der Waals surface area contributed by atoms with Crippen molar-refractivity contribution in [3.63, 3.8) is 0 Å². The topological polar surface area (TPSA) is 75.2 Å². The largest absolute Gasteiger partial charge is 0.368 e. The molecule has 4 rings (SSSR count).